The third-order valence-electron chi connectivity index (χ3n) is 1.55. The fourth-order valence-corrected chi connectivity index (χ4v) is 0.862. The summed E-state index contributed by atoms with van der Waals surface area (Å²) in [6, 6.07) is 0. The molecule has 0 aliphatic rings. The highest BCUT2D eigenvalue weighted by Crippen LogP contribution is 1.91. The minimum Gasteiger partial charge on any atom is -0.468 e. The maximum Gasteiger partial charge on any atom is 0.319 e. The third kappa shape index (κ3) is 5.31. The first kappa shape index (κ1) is 12.6. The van der Waals surface area contributed by atoms with Gasteiger partial charge in [-0.1, -0.05) is 6.08 Å². The first-order valence-electron chi connectivity index (χ1n) is 4.11. The van der Waals surface area contributed by atoms with E-state index < -0.39 is 11.9 Å². The van der Waals surface area contributed by atoms with E-state index >= 15 is 0 Å². The van der Waals surface area contributed by atoms with Crippen molar-refractivity contribution in [2.75, 3.05) is 33.9 Å². The van der Waals surface area contributed by atoms with Gasteiger partial charge in [0.1, 0.15) is 0 Å². The highest BCUT2D eigenvalue weighted by molar-refractivity contribution is 5.74. The molecule has 0 aromatic rings. The number of rotatable bonds is 6. The molecule has 0 N–H and O–H groups in total. The van der Waals surface area contributed by atoms with Gasteiger partial charge in [-0.15, -0.1) is 6.58 Å². The summed E-state index contributed by atoms with van der Waals surface area (Å²) in [5.74, 6) is -0.786. The number of carbonyl (C=O) groups excluding carboxylic acids is 2. The lowest BCUT2D eigenvalue weighted by molar-refractivity contribution is -0.145. The summed E-state index contributed by atoms with van der Waals surface area (Å²) in [5.41, 5.74) is 0. The molecule has 14 heavy (non-hydrogen) atoms. The zero-order chi connectivity index (χ0) is 11.0. The van der Waals surface area contributed by atoms with E-state index in [1.807, 2.05) is 0 Å². The van der Waals surface area contributed by atoms with E-state index in [0.29, 0.717) is 6.54 Å². The van der Waals surface area contributed by atoms with Crippen LogP contribution < -0.4 is 0 Å². The van der Waals surface area contributed by atoms with Gasteiger partial charge in [0.15, 0.2) is 0 Å². The molecule has 0 amide bonds. The van der Waals surface area contributed by atoms with Gasteiger partial charge in [-0.2, -0.15) is 0 Å². The maximum atomic E-state index is 10.9. The molecule has 0 unspecified atom stereocenters. The quantitative estimate of drug-likeness (QED) is 0.441. The Labute approximate surface area is 83.3 Å². The summed E-state index contributed by atoms with van der Waals surface area (Å²) in [6.45, 7) is 4.06. The first-order chi connectivity index (χ1) is 6.63. The molecule has 0 atom stereocenters. The Morgan fingerprint density at radius 3 is 1.93 bits per heavy atom. The second-order valence-electron chi connectivity index (χ2n) is 2.61. The van der Waals surface area contributed by atoms with Crippen LogP contribution in [0.4, 0.5) is 0 Å². The third-order valence-corrected chi connectivity index (χ3v) is 1.55. The van der Waals surface area contributed by atoms with Crippen LogP contribution in [0.5, 0.6) is 0 Å². The molecule has 0 radical (unpaired) electrons. The lowest BCUT2D eigenvalue weighted by Crippen LogP contribution is -2.35. The monoisotopic (exact) mass is 201 g/mol. The van der Waals surface area contributed by atoms with Crippen molar-refractivity contribution in [3.8, 4) is 0 Å². The molecule has 0 spiro atoms. The van der Waals surface area contributed by atoms with Gasteiger partial charge in [-0.05, 0) is 0 Å². The number of hydrogen-bond acceptors (Lipinski definition) is 5. The molecule has 0 saturated carbocycles. The van der Waals surface area contributed by atoms with E-state index in [1.165, 1.54) is 14.2 Å². The summed E-state index contributed by atoms with van der Waals surface area (Å²) in [6.07, 6.45) is 1.60. The zero-order valence-electron chi connectivity index (χ0n) is 8.49. The first-order valence-corrected chi connectivity index (χ1v) is 4.11. The van der Waals surface area contributed by atoms with E-state index in [2.05, 4.69) is 16.1 Å². The van der Waals surface area contributed by atoms with Crippen LogP contribution in [0.25, 0.3) is 0 Å². The highest BCUT2D eigenvalue weighted by atomic mass is 16.5. The second kappa shape index (κ2) is 7.08. The maximum absolute atomic E-state index is 10.9. The topological polar surface area (TPSA) is 55.8 Å². The molecule has 0 rings (SSSR count). The Hall–Kier alpha value is -1.36. The Bertz CT molecular complexity index is 197. The van der Waals surface area contributed by atoms with Gasteiger partial charge in [-0.25, -0.2) is 0 Å². The summed E-state index contributed by atoms with van der Waals surface area (Å²) in [7, 11) is 2.60. The SMILES string of the molecule is C=CCN(CC(=O)OC)CC(=O)OC. The number of carbonyl (C=O) groups is 2. The fourth-order valence-electron chi connectivity index (χ4n) is 0.862. The molecule has 5 heteroatoms. The van der Waals surface area contributed by atoms with Crippen LogP contribution in [0.2, 0.25) is 0 Å². The van der Waals surface area contributed by atoms with E-state index in [1.54, 1.807) is 11.0 Å². The van der Waals surface area contributed by atoms with E-state index in [9.17, 15) is 9.59 Å². The van der Waals surface area contributed by atoms with Crippen LogP contribution in [0.1, 0.15) is 0 Å². The molecule has 5 nitrogen and oxygen atoms in total. The van der Waals surface area contributed by atoms with Gasteiger partial charge in [-0.3, -0.25) is 14.5 Å². The lowest BCUT2D eigenvalue weighted by Gasteiger charge is -2.17. The van der Waals surface area contributed by atoms with Crippen molar-refractivity contribution in [2.45, 2.75) is 0 Å². The lowest BCUT2D eigenvalue weighted by atomic mass is 10.4. The number of hydrogen-bond donors (Lipinski definition) is 0. The predicted octanol–water partition coefficient (Wildman–Crippen LogP) is -0.180. The van der Waals surface area contributed by atoms with Crippen LogP contribution in [-0.4, -0.2) is 50.7 Å². The molecule has 0 fully saturated rings. The Balaban J connectivity index is 4.07. The van der Waals surface area contributed by atoms with Gasteiger partial charge >= 0.3 is 11.9 Å². The zero-order valence-corrected chi connectivity index (χ0v) is 8.49. The second-order valence-corrected chi connectivity index (χ2v) is 2.61. The highest BCUT2D eigenvalue weighted by Gasteiger charge is 2.13. The molecule has 0 bridgehead atoms. The van der Waals surface area contributed by atoms with E-state index in [-0.39, 0.29) is 13.1 Å². The largest absolute Gasteiger partial charge is 0.468 e. The normalized spacial score (nSPS) is 9.64. The van der Waals surface area contributed by atoms with Crippen LogP contribution in [0, 0.1) is 0 Å². The van der Waals surface area contributed by atoms with E-state index in [0.717, 1.165) is 0 Å². The predicted molar refractivity (Wildman–Crippen MR) is 50.7 cm³/mol. The number of methoxy groups -OCH3 is 2. The van der Waals surface area contributed by atoms with Crippen molar-refractivity contribution in [3.63, 3.8) is 0 Å². The Morgan fingerprint density at radius 1 is 1.21 bits per heavy atom. The molecule has 80 valence electrons. The van der Waals surface area contributed by atoms with Crippen molar-refractivity contribution < 1.29 is 19.1 Å². The smallest absolute Gasteiger partial charge is 0.319 e. The van der Waals surface area contributed by atoms with Crippen molar-refractivity contribution >= 4 is 11.9 Å². The number of nitrogens with zero attached hydrogens (tertiary/aromatic N) is 1. The molecule has 0 aromatic heterocycles. The summed E-state index contributed by atoms with van der Waals surface area (Å²) >= 11 is 0. The Kier molecular flexibility index (Phi) is 6.39. The molecular formula is C9H15NO4. The van der Waals surface area contributed by atoms with Crippen LogP contribution in [0.3, 0.4) is 0 Å². The number of ether oxygens (including phenoxy) is 2. The average Bonchev–Trinajstić information content (AvgIpc) is 2.17. The van der Waals surface area contributed by atoms with Gasteiger partial charge in [0.05, 0.1) is 27.3 Å². The Morgan fingerprint density at radius 2 is 1.64 bits per heavy atom. The average molecular weight is 201 g/mol. The summed E-state index contributed by atoms with van der Waals surface area (Å²) in [5, 5.41) is 0. The van der Waals surface area contributed by atoms with Crippen LogP contribution in [-0.2, 0) is 19.1 Å². The van der Waals surface area contributed by atoms with Crippen molar-refractivity contribution in [1.29, 1.82) is 0 Å². The fraction of sp³-hybridized carbons (Fsp3) is 0.556. The minimum absolute atomic E-state index is 0.0532. The molecule has 0 heterocycles. The van der Waals surface area contributed by atoms with E-state index in [4.69, 9.17) is 0 Å². The standard InChI is InChI=1S/C9H15NO4/c1-4-5-10(6-8(11)13-2)7-9(12)14-3/h4H,1,5-7H2,2-3H3. The van der Waals surface area contributed by atoms with Crippen molar-refractivity contribution in [2.24, 2.45) is 0 Å². The van der Waals surface area contributed by atoms with Crippen molar-refractivity contribution in [1.82, 2.24) is 4.90 Å². The summed E-state index contributed by atoms with van der Waals surface area (Å²) in [4.78, 5) is 23.4. The molecule has 0 aliphatic heterocycles. The van der Waals surface area contributed by atoms with Gasteiger partial charge in [0.25, 0.3) is 0 Å². The summed E-state index contributed by atoms with van der Waals surface area (Å²) < 4.78 is 8.95. The van der Waals surface area contributed by atoms with Crippen LogP contribution >= 0.6 is 0 Å². The van der Waals surface area contributed by atoms with Gasteiger partial charge in [0.2, 0.25) is 0 Å². The van der Waals surface area contributed by atoms with Crippen LogP contribution in [0.15, 0.2) is 12.7 Å². The molecular weight excluding hydrogens is 186 g/mol. The number of esters is 2. The van der Waals surface area contributed by atoms with Gasteiger partial charge < -0.3 is 9.47 Å². The molecule has 0 saturated heterocycles. The molecule has 0 aliphatic carbocycles. The molecule has 0 aromatic carbocycles. The van der Waals surface area contributed by atoms with Crippen molar-refractivity contribution in [3.05, 3.63) is 12.7 Å². The minimum atomic E-state index is -0.393. The van der Waals surface area contributed by atoms with Gasteiger partial charge in [0, 0.05) is 6.54 Å².